The van der Waals surface area contributed by atoms with Crippen LogP contribution in [0.2, 0.25) is 0 Å². The molecule has 3 atom stereocenters. The van der Waals surface area contributed by atoms with E-state index in [0.29, 0.717) is 18.6 Å². The van der Waals surface area contributed by atoms with Crippen LogP contribution in [0.5, 0.6) is 5.75 Å². The van der Waals surface area contributed by atoms with E-state index in [4.69, 9.17) is 4.74 Å². The van der Waals surface area contributed by atoms with Crippen LogP contribution < -0.4 is 15.1 Å². The molecule has 3 N–H and O–H groups in total. The number of aromatic carboxylic acids is 1. The number of carboxylic acid groups (broad SMARTS) is 1. The zero-order chi connectivity index (χ0) is 23.3. The molecule has 32 heavy (non-hydrogen) atoms. The average molecular weight is 448 g/mol. The number of hydrogen-bond donors (Lipinski definition) is 3. The Morgan fingerprint density at radius 1 is 1.28 bits per heavy atom. The highest BCUT2D eigenvalue weighted by atomic mass is 19.1. The molecule has 1 saturated carbocycles. The second-order valence-corrected chi connectivity index (χ2v) is 9.14. The number of carboxylic acids is 1. The van der Waals surface area contributed by atoms with Crippen molar-refractivity contribution in [3.05, 3.63) is 33.9 Å². The highest BCUT2D eigenvalue weighted by Gasteiger charge is 2.39. The molecule has 1 aromatic heterocycles. The van der Waals surface area contributed by atoms with Crippen molar-refractivity contribution in [3.63, 3.8) is 0 Å². The normalized spacial score (nSPS) is 24.6. The summed E-state index contributed by atoms with van der Waals surface area (Å²) >= 11 is 0. The summed E-state index contributed by atoms with van der Waals surface area (Å²) in [6, 6.07) is 1.15. The Labute approximate surface area is 184 Å². The summed E-state index contributed by atoms with van der Waals surface area (Å²) < 4.78 is 22.9. The predicted octanol–water partition coefficient (Wildman–Crippen LogP) is 2.24. The Morgan fingerprint density at radius 2 is 1.91 bits per heavy atom. The Balaban J connectivity index is 1.89. The molecule has 0 spiro atoms. The van der Waals surface area contributed by atoms with Crippen LogP contribution in [0.25, 0.3) is 10.9 Å². The number of halogens is 1. The van der Waals surface area contributed by atoms with Crippen LogP contribution in [0, 0.1) is 23.6 Å². The van der Waals surface area contributed by atoms with Gasteiger partial charge in [0.2, 0.25) is 5.43 Å². The maximum Gasteiger partial charge on any atom is 0.341 e. The summed E-state index contributed by atoms with van der Waals surface area (Å²) in [5.74, 6) is -1.98. The molecule has 1 aliphatic carbocycles. The number of rotatable bonds is 6. The number of aliphatic hydroxyl groups is 2. The molecule has 174 valence electrons. The number of nitrogens with zero attached hydrogens (tertiary/aromatic N) is 2. The molecule has 0 radical (unpaired) electrons. The number of benzene rings is 1. The van der Waals surface area contributed by atoms with Crippen molar-refractivity contribution in [2.45, 2.75) is 38.8 Å². The van der Waals surface area contributed by atoms with Crippen molar-refractivity contribution in [1.29, 1.82) is 0 Å². The first-order valence-corrected chi connectivity index (χ1v) is 10.9. The van der Waals surface area contributed by atoms with Crippen LogP contribution in [0.4, 0.5) is 10.1 Å². The molecule has 2 aromatic rings. The Hall–Kier alpha value is -2.65. The quantitative estimate of drug-likeness (QED) is 0.621. The van der Waals surface area contributed by atoms with Crippen molar-refractivity contribution in [2.75, 3.05) is 31.7 Å². The molecular weight excluding hydrogens is 419 g/mol. The van der Waals surface area contributed by atoms with Crippen molar-refractivity contribution in [1.82, 2.24) is 4.57 Å². The standard InChI is InChI=1S/C23H29FN2O6/c1-11-7-25(8-12(2)18(11)17(28)10-27)20-16(24)6-14-19(22(20)32-3)26(13-4-5-13)9-15(21(14)29)23(30)31/h6,9,11-13,17-18,27-28H,4-5,7-8,10H2,1-3H3,(H,30,31). The van der Waals surface area contributed by atoms with Crippen molar-refractivity contribution < 1.29 is 29.2 Å². The summed E-state index contributed by atoms with van der Waals surface area (Å²) in [4.78, 5) is 26.3. The van der Waals surface area contributed by atoms with Crippen LogP contribution in [0.1, 0.15) is 43.1 Å². The molecule has 1 aliphatic heterocycles. The molecule has 4 rings (SSSR count). The van der Waals surface area contributed by atoms with Crippen molar-refractivity contribution >= 4 is 22.6 Å². The summed E-state index contributed by atoms with van der Waals surface area (Å²) in [5.41, 5.74) is -0.494. The number of methoxy groups -OCH3 is 1. The first-order valence-electron chi connectivity index (χ1n) is 10.9. The van der Waals surface area contributed by atoms with Gasteiger partial charge in [-0.3, -0.25) is 4.79 Å². The van der Waals surface area contributed by atoms with Crippen LogP contribution >= 0.6 is 0 Å². The number of hydrogen-bond acceptors (Lipinski definition) is 6. The van der Waals surface area contributed by atoms with Crippen LogP contribution in [-0.4, -0.2) is 58.8 Å². The van der Waals surface area contributed by atoms with Gasteiger partial charge in [0.1, 0.15) is 11.3 Å². The number of aliphatic hydroxyl groups excluding tert-OH is 2. The summed E-state index contributed by atoms with van der Waals surface area (Å²) in [6.45, 7) is 4.46. The van der Waals surface area contributed by atoms with E-state index in [1.807, 2.05) is 18.7 Å². The lowest BCUT2D eigenvalue weighted by atomic mass is 9.76. The second kappa shape index (κ2) is 8.37. The van der Waals surface area contributed by atoms with E-state index in [2.05, 4.69) is 0 Å². The highest BCUT2D eigenvalue weighted by Crippen LogP contribution is 2.45. The molecule has 9 heteroatoms. The van der Waals surface area contributed by atoms with Gasteiger partial charge in [0.15, 0.2) is 11.6 Å². The number of aromatic nitrogens is 1. The largest absolute Gasteiger partial charge is 0.492 e. The first-order chi connectivity index (χ1) is 15.2. The summed E-state index contributed by atoms with van der Waals surface area (Å²) in [7, 11) is 1.42. The van der Waals surface area contributed by atoms with Crippen LogP contribution in [0.3, 0.4) is 0 Å². The van der Waals surface area contributed by atoms with Crippen LogP contribution in [0.15, 0.2) is 17.1 Å². The fourth-order valence-electron chi connectivity index (χ4n) is 5.36. The van der Waals surface area contributed by atoms with Crippen molar-refractivity contribution in [3.8, 4) is 5.75 Å². The minimum Gasteiger partial charge on any atom is -0.492 e. The van der Waals surface area contributed by atoms with Gasteiger partial charge in [0.25, 0.3) is 0 Å². The van der Waals surface area contributed by atoms with E-state index in [1.54, 1.807) is 4.57 Å². The van der Waals surface area contributed by atoms with Gasteiger partial charge in [-0.15, -0.1) is 0 Å². The molecule has 8 nitrogen and oxygen atoms in total. The molecule has 3 unspecified atom stereocenters. The summed E-state index contributed by atoms with van der Waals surface area (Å²) in [5, 5.41) is 29.1. The number of fused-ring (bicyclic) bond motifs is 1. The van der Waals surface area contributed by atoms with Gasteiger partial charge in [0.05, 0.1) is 30.7 Å². The van der Waals surface area contributed by atoms with Gasteiger partial charge in [-0.05, 0) is 36.7 Å². The van der Waals surface area contributed by atoms with E-state index in [9.17, 15) is 24.9 Å². The van der Waals surface area contributed by atoms with E-state index >= 15 is 4.39 Å². The van der Waals surface area contributed by atoms with E-state index in [0.717, 1.165) is 18.9 Å². The monoisotopic (exact) mass is 448 g/mol. The van der Waals surface area contributed by atoms with Gasteiger partial charge in [-0.2, -0.15) is 0 Å². The highest BCUT2D eigenvalue weighted by molar-refractivity contribution is 5.97. The predicted molar refractivity (Wildman–Crippen MR) is 117 cm³/mol. The molecule has 2 fully saturated rings. The Kier molecular flexibility index (Phi) is 5.89. The third-order valence-corrected chi connectivity index (χ3v) is 6.85. The average Bonchev–Trinajstić information content (AvgIpc) is 3.57. The summed E-state index contributed by atoms with van der Waals surface area (Å²) in [6.07, 6.45) is 2.17. The fraction of sp³-hybridized carbons (Fsp3) is 0.565. The molecule has 2 heterocycles. The van der Waals surface area contributed by atoms with Gasteiger partial charge < -0.3 is 29.5 Å². The number of piperidine rings is 1. The fourth-order valence-corrected chi connectivity index (χ4v) is 5.36. The minimum absolute atomic E-state index is 0.0124. The minimum atomic E-state index is -1.35. The smallest absolute Gasteiger partial charge is 0.341 e. The number of carbonyl (C=O) groups is 1. The lowest BCUT2D eigenvalue weighted by Gasteiger charge is -2.44. The SMILES string of the molecule is COc1c(N2CC(C)C(C(O)CO)C(C)C2)c(F)cc2c(=O)c(C(=O)O)cn(C3CC3)c12. The number of pyridine rings is 1. The van der Waals surface area contributed by atoms with Crippen LogP contribution in [-0.2, 0) is 0 Å². The lowest BCUT2D eigenvalue weighted by Crippen LogP contribution is -2.49. The molecule has 2 aliphatic rings. The lowest BCUT2D eigenvalue weighted by molar-refractivity contribution is -0.00370. The van der Waals surface area contributed by atoms with E-state index in [1.165, 1.54) is 13.3 Å². The van der Waals surface area contributed by atoms with Gasteiger partial charge in [-0.25, -0.2) is 9.18 Å². The van der Waals surface area contributed by atoms with E-state index in [-0.39, 0.29) is 52.8 Å². The molecule has 0 bridgehead atoms. The third kappa shape index (κ3) is 3.63. The third-order valence-electron chi connectivity index (χ3n) is 6.85. The maximum atomic E-state index is 15.5. The second-order valence-electron chi connectivity index (χ2n) is 9.14. The van der Waals surface area contributed by atoms with Crippen molar-refractivity contribution in [2.24, 2.45) is 17.8 Å². The zero-order valence-electron chi connectivity index (χ0n) is 18.4. The Bertz CT molecular complexity index is 1100. The molecule has 1 saturated heterocycles. The van der Waals surface area contributed by atoms with Gasteiger partial charge in [-0.1, -0.05) is 13.8 Å². The molecule has 1 aromatic carbocycles. The van der Waals surface area contributed by atoms with Gasteiger partial charge in [0, 0.05) is 25.3 Å². The topological polar surface area (TPSA) is 112 Å². The first kappa shape index (κ1) is 22.5. The maximum absolute atomic E-state index is 15.5. The molecular formula is C23H29FN2O6. The number of anilines is 1. The molecule has 0 amide bonds. The number of ether oxygens (including phenoxy) is 1. The van der Waals surface area contributed by atoms with Gasteiger partial charge >= 0.3 is 5.97 Å². The zero-order valence-corrected chi connectivity index (χ0v) is 18.4. The Morgan fingerprint density at radius 3 is 2.41 bits per heavy atom. The van der Waals surface area contributed by atoms with E-state index < -0.39 is 23.3 Å².